The highest BCUT2D eigenvalue weighted by atomic mass is 16.3. The van der Waals surface area contributed by atoms with Crippen molar-refractivity contribution < 1.29 is 13.6 Å². The first-order valence-electron chi connectivity index (χ1n) is 9.94. The number of furan rings is 2. The van der Waals surface area contributed by atoms with Crippen LogP contribution in [-0.2, 0) is 0 Å². The summed E-state index contributed by atoms with van der Waals surface area (Å²) in [6.45, 7) is 7.78. The Balaban J connectivity index is 1.50. The molecule has 0 fully saturated rings. The first-order valence-corrected chi connectivity index (χ1v) is 9.94. The molecule has 0 aliphatic rings. The number of para-hydroxylation sites is 1. The van der Waals surface area contributed by atoms with Crippen LogP contribution in [0.25, 0.3) is 11.0 Å². The van der Waals surface area contributed by atoms with E-state index in [1.807, 2.05) is 51.1 Å². The van der Waals surface area contributed by atoms with Crippen LogP contribution in [0.5, 0.6) is 0 Å². The number of benzene rings is 1. The molecule has 0 saturated heterocycles. The number of amides is 1. The zero-order valence-electron chi connectivity index (χ0n) is 17.1. The minimum Gasteiger partial charge on any atom is -0.459 e. The van der Waals surface area contributed by atoms with Gasteiger partial charge in [-0.15, -0.1) is 0 Å². The lowest BCUT2D eigenvalue weighted by atomic mass is 10.2. The summed E-state index contributed by atoms with van der Waals surface area (Å²) in [7, 11) is 0. The molecule has 29 heavy (non-hydrogen) atoms. The van der Waals surface area contributed by atoms with Crippen LogP contribution in [0.15, 0.2) is 56.5 Å². The van der Waals surface area contributed by atoms with Crippen molar-refractivity contribution in [2.45, 2.75) is 33.2 Å². The van der Waals surface area contributed by atoms with Gasteiger partial charge in [0.05, 0.1) is 12.3 Å². The highest BCUT2D eigenvalue weighted by Crippen LogP contribution is 2.23. The van der Waals surface area contributed by atoms with Crippen LogP contribution in [0.3, 0.4) is 0 Å². The summed E-state index contributed by atoms with van der Waals surface area (Å²) < 4.78 is 11.1. The van der Waals surface area contributed by atoms with Crippen LogP contribution in [0, 0.1) is 6.92 Å². The lowest BCUT2D eigenvalue weighted by Crippen LogP contribution is -2.38. The summed E-state index contributed by atoms with van der Waals surface area (Å²) in [5.74, 6) is 1.75. The van der Waals surface area contributed by atoms with Gasteiger partial charge >= 0.3 is 0 Å². The molecule has 1 atom stereocenters. The standard InChI is InChI=1S/C22H28N4O3/c1-4-23-22(25-12-7-11-24-21(27)20-15(2)10-13-28-20)26-16(3)19-14-17-8-5-6-9-18(17)29-19/h5-6,8-10,13-14,16H,4,7,11-12H2,1-3H3,(H,24,27)(H2,23,25,26). The zero-order chi connectivity index (χ0) is 20.6. The van der Waals surface area contributed by atoms with Gasteiger partial charge in [-0.05, 0) is 45.4 Å². The number of aryl methyl sites for hydroxylation is 1. The molecule has 3 rings (SSSR count). The monoisotopic (exact) mass is 396 g/mol. The van der Waals surface area contributed by atoms with Crippen LogP contribution in [0.4, 0.5) is 0 Å². The first-order chi connectivity index (χ1) is 14.1. The number of rotatable bonds is 8. The zero-order valence-corrected chi connectivity index (χ0v) is 17.1. The van der Waals surface area contributed by atoms with E-state index in [0.717, 1.165) is 35.3 Å². The van der Waals surface area contributed by atoms with Crippen molar-refractivity contribution in [1.82, 2.24) is 16.0 Å². The molecule has 2 heterocycles. The third-order valence-corrected chi connectivity index (χ3v) is 4.53. The number of fused-ring (bicyclic) bond motifs is 1. The van der Waals surface area contributed by atoms with E-state index in [1.54, 1.807) is 6.07 Å². The van der Waals surface area contributed by atoms with Crippen molar-refractivity contribution >= 4 is 22.8 Å². The van der Waals surface area contributed by atoms with Crippen LogP contribution in [0.1, 0.15) is 48.2 Å². The molecule has 0 saturated carbocycles. The van der Waals surface area contributed by atoms with Gasteiger partial charge in [-0.2, -0.15) is 0 Å². The maximum absolute atomic E-state index is 12.0. The molecular weight excluding hydrogens is 368 g/mol. The molecule has 0 radical (unpaired) electrons. The average Bonchev–Trinajstić information content (AvgIpc) is 3.33. The average molecular weight is 396 g/mol. The lowest BCUT2D eigenvalue weighted by molar-refractivity contribution is 0.0925. The fourth-order valence-corrected chi connectivity index (χ4v) is 2.97. The van der Waals surface area contributed by atoms with Gasteiger partial charge in [-0.25, -0.2) is 0 Å². The van der Waals surface area contributed by atoms with E-state index in [0.29, 0.717) is 24.8 Å². The van der Waals surface area contributed by atoms with E-state index in [2.05, 4.69) is 20.9 Å². The molecule has 3 aromatic rings. The Hall–Kier alpha value is -3.22. The van der Waals surface area contributed by atoms with Crippen molar-refractivity contribution in [2.75, 3.05) is 19.6 Å². The van der Waals surface area contributed by atoms with Gasteiger partial charge in [0.2, 0.25) is 0 Å². The number of nitrogens with zero attached hydrogens (tertiary/aromatic N) is 1. The van der Waals surface area contributed by atoms with E-state index in [-0.39, 0.29) is 11.9 Å². The van der Waals surface area contributed by atoms with E-state index < -0.39 is 0 Å². The predicted octanol–water partition coefficient (Wildman–Crippen LogP) is 3.77. The quantitative estimate of drug-likeness (QED) is 0.306. The Kier molecular flexibility index (Phi) is 6.94. The Morgan fingerprint density at radius 3 is 2.76 bits per heavy atom. The number of hydrogen-bond acceptors (Lipinski definition) is 4. The number of hydrogen-bond donors (Lipinski definition) is 3. The highest BCUT2D eigenvalue weighted by molar-refractivity contribution is 5.92. The van der Waals surface area contributed by atoms with Gasteiger partial charge in [0.25, 0.3) is 5.91 Å². The smallest absolute Gasteiger partial charge is 0.287 e. The topological polar surface area (TPSA) is 91.8 Å². The minimum absolute atomic E-state index is 0.0261. The third kappa shape index (κ3) is 5.40. The molecule has 2 aromatic heterocycles. The normalized spacial score (nSPS) is 12.7. The Morgan fingerprint density at radius 2 is 2.03 bits per heavy atom. The molecule has 0 aliphatic heterocycles. The van der Waals surface area contributed by atoms with Crippen molar-refractivity contribution in [3.05, 3.63) is 59.7 Å². The SMILES string of the molecule is CCNC(=NCCCNC(=O)c1occc1C)NC(C)c1cc2ccccc2o1. The molecule has 7 nitrogen and oxygen atoms in total. The number of guanidine groups is 1. The minimum atomic E-state index is -0.194. The summed E-state index contributed by atoms with van der Waals surface area (Å²) in [6.07, 6.45) is 2.24. The van der Waals surface area contributed by atoms with E-state index in [9.17, 15) is 4.79 Å². The first kappa shape index (κ1) is 20.5. The molecule has 0 spiro atoms. The van der Waals surface area contributed by atoms with Crippen molar-refractivity contribution in [3.63, 3.8) is 0 Å². The maximum atomic E-state index is 12.0. The summed E-state index contributed by atoms with van der Waals surface area (Å²) in [5.41, 5.74) is 1.71. The van der Waals surface area contributed by atoms with Crippen LogP contribution < -0.4 is 16.0 Å². The van der Waals surface area contributed by atoms with E-state index >= 15 is 0 Å². The van der Waals surface area contributed by atoms with Gasteiger partial charge in [0.15, 0.2) is 11.7 Å². The van der Waals surface area contributed by atoms with Crippen LogP contribution in [0.2, 0.25) is 0 Å². The van der Waals surface area contributed by atoms with Gasteiger partial charge < -0.3 is 24.8 Å². The number of carbonyl (C=O) groups excluding carboxylic acids is 1. The molecular formula is C22H28N4O3. The molecule has 1 amide bonds. The van der Waals surface area contributed by atoms with Gasteiger partial charge in [0.1, 0.15) is 11.3 Å². The Labute approximate surface area is 170 Å². The number of carbonyl (C=O) groups is 1. The second kappa shape index (κ2) is 9.82. The molecule has 3 N–H and O–H groups in total. The van der Waals surface area contributed by atoms with Crippen molar-refractivity contribution in [2.24, 2.45) is 4.99 Å². The maximum Gasteiger partial charge on any atom is 0.287 e. The molecule has 1 aromatic carbocycles. The van der Waals surface area contributed by atoms with E-state index in [4.69, 9.17) is 8.83 Å². The number of aliphatic imine (C=N–C) groups is 1. The largest absolute Gasteiger partial charge is 0.459 e. The van der Waals surface area contributed by atoms with Crippen LogP contribution >= 0.6 is 0 Å². The summed E-state index contributed by atoms with van der Waals surface area (Å²) in [5, 5.41) is 10.5. The van der Waals surface area contributed by atoms with Crippen molar-refractivity contribution in [3.8, 4) is 0 Å². The fourth-order valence-electron chi connectivity index (χ4n) is 2.97. The Bertz CT molecular complexity index is 940. The predicted molar refractivity (Wildman–Crippen MR) is 114 cm³/mol. The van der Waals surface area contributed by atoms with Crippen molar-refractivity contribution in [1.29, 1.82) is 0 Å². The molecule has 154 valence electrons. The molecule has 1 unspecified atom stereocenters. The molecule has 0 bridgehead atoms. The summed E-state index contributed by atoms with van der Waals surface area (Å²) in [4.78, 5) is 16.6. The van der Waals surface area contributed by atoms with Gasteiger partial charge in [-0.3, -0.25) is 9.79 Å². The summed E-state index contributed by atoms with van der Waals surface area (Å²) >= 11 is 0. The second-order valence-corrected chi connectivity index (χ2v) is 6.86. The lowest BCUT2D eigenvalue weighted by Gasteiger charge is -2.16. The molecule has 7 heteroatoms. The Morgan fingerprint density at radius 1 is 1.21 bits per heavy atom. The fraction of sp³-hybridized carbons (Fsp3) is 0.364. The summed E-state index contributed by atoms with van der Waals surface area (Å²) in [6, 6.07) is 11.7. The highest BCUT2D eigenvalue weighted by Gasteiger charge is 2.13. The number of nitrogens with one attached hydrogen (secondary N) is 3. The van der Waals surface area contributed by atoms with Gasteiger partial charge in [-0.1, -0.05) is 18.2 Å². The van der Waals surface area contributed by atoms with Gasteiger partial charge in [0, 0.05) is 30.6 Å². The second-order valence-electron chi connectivity index (χ2n) is 6.86. The molecule has 0 aliphatic carbocycles. The van der Waals surface area contributed by atoms with E-state index in [1.165, 1.54) is 6.26 Å². The van der Waals surface area contributed by atoms with Crippen LogP contribution in [-0.4, -0.2) is 31.5 Å². The third-order valence-electron chi connectivity index (χ3n) is 4.53.